The van der Waals surface area contributed by atoms with Crippen LogP contribution in [0.4, 0.5) is 0 Å². The van der Waals surface area contributed by atoms with Crippen molar-refractivity contribution in [3.63, 3.8) is 0 Å². The van der Waals surface area contributed by atoms with Crippen LogP contribution in [-0.2, 0) is 11.2 Å². The van der Waals surface area contributed by atoms with Crippen LogP contribution in [0.2, 0.25) is 0 Å². The van der Waals surface area contributed by atoms with Crippen molar-refractivity contribution < 1.29 is 14.3 Å². The predicted octanol–water partition coefficient (Wildman–Crippen LogP) is 3.97. The van der Waals surface area contributed by atoms with Crippen molar-refractivity contribution in [2.45, 2.75) is 25.4 Å². The van der Waals surface area contributed by atoms with E-state index in [2.05, 4.69) is 0 Å². The molecular weight excluding hydrogens is 276 g/mol. The largest absolute Gasteiger partial charge is 0.483 e. The normalized spacial score (nSPS) is 15.2. The van der Waals surface area contributed by atoms with Crippen LogP contribution in [0.15, 0.2) is 48.5 Å². The summed E-state index contributed by atoms with van der Waals surface area (Å²) in [6.07, 6.45) is 2.38. The van der Waals surface area contributed by atoms with Gasteiger partial charge in [0.2, 0.25) is 0 Å². The van der Waals surface area contributed by atoms with Crippen molar-refractivity contribution in [3.8, 4) is 5.75 Å². The number of ether oxygens (including phenoxy) is 2. The molecule has 2 aromatic rings. The number of Topliss-reactive ketones (excluding diaryl/α,β-unsaturated/α-hetero) is 1. The number of rotatable bonds is 5. The topological polar surface area (TPSA) is 35.5 Å². The molecule has 0 aromatic heterocycles. The van der Waals surface area contributed by atoms with Crippen molar-refractivity contribution in [2.24, 2.45) is 0 Å². The van der Waals surface area contributed by atoms with Crippen LogP contribution in [0, 0.1) is 0 Å². The summed E-state index contributed by atoms with van der Waals surface area (Å²) in [5.41, 5.74) is 3.01. The molecule has 1 atom stereocenters. The molecule has 0 heterocycles. The van der Waals surface area contributed by atoms with Gasteiger partial charge in [-0.25, -0.2) is 0 Å². The van der Waals surface area contributed by atoms with Crippen LogP contribution < -0.4 is 4.74 Å². The molecule has 1 aliphatic rings. The van der Waals surface area contributed by atoms with Crippen molar-refractivity contribution in [3.05, 3.63) is 65.2 Å². The Morgan fingerprint density at radius 3 is 2.68 bits per heavy atom. The van der Waals surface area contributed by atoms with Crippen molar-refractivity contribution in [2.75, 3.05) is 13.7 Å². The van der Waals surface area contributed by atoms with Crippen LogP contribution in [-0.4, -0.2) is 19.5 Å². The first-order valence-electron chi connectivity index (χ1n) is 7.64. The summed E-state index contributed by atoms with van der Waals surface area (Å²) in [5, 5.41) is 0. The van der Waals surface area contributed by atoms with Crippen molar-refractivity contribution in [1.82, 2.24) is 0 Å². The lowest BCUT2D eigenvalue weighted by Gasteiger charge is -2.21. The second-order valence-electron chi connectivity index (χ2n) is 5.57. The Morgan fingerprint density at radius 1 is 1.09 bits per heavy atom. The van der Waals surface area contributed by atoms with E-state index in [0.29, 0.717) is 13.0 Å². The van der Waals surface area contributed by atoms with Gasteiger partial charge in [0.15, 0.2) is 5.78 Å². The minimum Gasteiger partial charge on any atom is -0.483 e. The smallest absolute Gasteiger partial charge is 0.163 e. The van der Waals surface area contributed by atoms with E-state index in [1.165, 1.54) is 0 Å². The highest BCUT2D eigenvalue weighted by atomic mass is 16.5. The molecule has 0 fully saturated rings. The molecule has 2 aromatic carbocycles. The number of benzene rings is 2. The van der Waals surface area contributed by atoms with Gasteiger partial charge in [-0.1, -0.05) is 36.4 Å². The molecule has 0 spiro atoms. The number of hydrogen-bond donors (Lipinski definition) is 0. The van der Waals surface area contributed by atoms with Gasteiger partial charge in [0.1, 0.15) is 11.9 Å². The van der Waals surface area contributed by atoms with Gasteiger partial charge in [-0.3, -0.25) is 4.79 Å². The van der Waals surface area contributed by atoms with Gasteiger partial charge in [-0.2, -0.15) is 0 Å². The third-order valence-electron chi connectivity index (χ3n) is 4.00. The maximum absolute atomic E-state index is 12.0. The third kappa shape index (κ3) is 3.20. The number of hydrogen-bond acceptors (Lipinski definition) is 3. The fourth-order valence-corrected chi connectivity index (χ4v) is 2.86. The Kier molecular flexibility index (Phi) is 4.54. The quantitative estimate of drug-likeness (QED) is 0.837. The maximum atomic E-state index is 12.0. The van der Waals surface area contributed by atoms with Gasteiger partial charge in [0, 0.05) is 19.1 Å². The lowest BCUT2D eigenvalue weighted by molar-refractivity contribution is 0.0807. The zero-order valence-corrected chi connectivity index (χ0v) is 12.7. The minimum atomic E-state index is -0.178. The van der Waals surface area contributed by atoms with Crippen LogP contribution in [0.3, 0.4) is 0 Å². The summed E-state index contributed by atoms with van der Waals surface area (Å²) in [7, 11) is 1.66. The Hall–Kier alpha value is -2.13. The van der Waals surface area contributed by atoms with Gasteiger partial charge in [-0.05, 0) is 36.1 Å². The predicted molar refractivity (Wildman–Crippen MR) is 85.4 cm³/mol. The Morgan fingerprint density at radius 2 is 1.91 bits per heavy atom. The highest BCUT2D eigenvalue weighted by Crippen LogP contribution is 2.28. The molecule has 3 heteroatoms. The average Bonchev–Trinajstić information content (AvgIpc) is 2.56. The lowest BCUT2D eigenvalue weighted by atomic mass is 9.90. The Bertz CT molecular complexity index is 649. The molecule has 0 saturated carbocycles. The highest BCUT2D eigenvalue weighted by molar-refractivity contribution is 5.98. The van der Waals surface area contributed by atoms with Crippen LogP contribution in [0.1, 0.15) is 40.4 Å². The molecule has 0 amide bonds. The van der Waals surface area contributed by atoms with Crippen molar-refractivity contribution in [1.29, 1.82) is 0 Å². The van der Waals surface area contributed by atoms with Crippen LogP contribution in [0.25, 0.3) is 0 Å². The summed E-state index contributed by atoms with van der Waals surface area (Å²) in [6, 6.07) is 15.8. The first-order chi connectivity index (χ1) is 10.8. The van der Waals surface area contributed by atoms with E-state index in [0.717, 1.165) is 35.3 Å². The molecule has 0 N–H and O–H groups in total. The number of fused-ring (bicyclic) bond motifs is 1. The number of aryl methyl sites for hydroxylation is 1. The molecule has 114 valence electrons. The van der Waals surface area contributed by atoms with Crippen LogP contribution in [0.5, 0.6) is 5.75 Å². The van der Waals surface area contributed by atoms with Gasteiger partial charge in [-0.15, -0.1) is 0 Å². The van der Waals surface area contributed by atoms with Gasteiger partial charge in [0.25, 0.3) is 0 Å². The van der Waals surface area contributed by atoms with Crippen molar-refractivity contribution >= 4 is 5.78 Å². The fourth-order valence-electron chi connectivity index (χ4n) is 2.86. The number of carbonyl (C=O) groups excluding carboxylic acids is 1. The monoisotopic (exact) mass is 296 g/mol. The van der Waals surface area contributed by atoms with E-state index in [1.807, 2.05) is 48.5 Å². The van der Waals surface area contributed by atoms with E-state index in [9.17, 15) is 4.79 Å². The molecule has 0 aliphatic heterocycles. The zero-order valence-electron chi connectivity index (χ0n) is 12.7. The molecular formula is C19H20O3. The summed E-state index contributed by atoms with van der Waals surface area (Å²) in [5.74, 6) is 0.939. The summed E-state index contributed by atoms with van der Waals surface area (Å²) in [6.45, 7) is 0.467. The number of ketones is 1. The molecule has 1 unspecified atom stereocenters. The fraction of sp³-hybridized carbons (Fsp3) is 0.316. The van der Waals surface area contributed by atoms with E-state index in [-0.39, 0.29) is 11.9 Å². The molecule has 22 heavy (non-hydrogen) atoms. The standard InChI is InChI=1S/C19H20O3/c1-21-13-19(15-6-3-2-4-7-15)22-16-11-10-14-8-5-9-18(20)17(14)12-16/h2-4,6-7,10-12,19H,5,8-9,13H2,1H3. The van der Waals surface area contributed by atoms with Gasteiger partial charge in [0.05, 0.1) is 6.61 Å². The van der Waals surface area contributed by atoms with E-state index in [1.54, 1.807) is 7.11 Å². The molecule has 3 rings (SSSR count). The van der Waals surface area contributed by atoms with Gasteiger partial charge >= 0.3 is 0 Å². The third-order valence-corrected chi connectivity index (χ3v) is 4.00. The second-order valence-corrected chi connectivity index (χ2v) is 5.57. The second kappa shape index (κ2) is 6.75. The summed E-state index contributed by atoms with van der Waals surface area (Å²) < 4.78 is 11.4. The van der Waals surface area contributed by atoms with E-state index in [4.69, 9.17) is 9.47 Å². The van der Waals surface area contributed by atoms with Crippen LogP contribution >= 0.6 is 0 Å². The minimum absolute atomic E-state index is 0.178. The Balaban J connectivity index is 1.84. The first-order valence-corrected chi connectivity index (χ1v) is 7.64. The Labute approximate surface area is 130 Å². The summed E-state index contributed by atoms with van der Waals surface area (Å²) >= 11 is 0. The van der Waals surface area contributed by atoms with E-state index < -0.39 is 0 Å². The summed E-state index contributed by atoms with van der Waals surface area (Å²) in [4.78, 5) is 12.0. The zero-order chi connectivity index (χ0) is 15.4. The molecule has 3 nitrogen and oxygen atoms in total. The highest BCUT2D eigenvalue weighted by Gasteiger charge is 2.19. The SMILES string of the molecule is COCC(Oc1ccc2c(c1)C(=O)CCC2)c1ccccc1. The van der Waals surface area contributed by atoms with E-state index >= 15 is 0 Å². The van der Waals surface area contributed by atoms with Gasteiger partial charge < -0.3 is 9.47 Å². The lowest BCUT2D eigenvalue weighted by Crippen LogP contribution is -2.15. The molecule has 0 bridgehead atoms. The maximum Gasteiger partial charge on any atom is 0.163 e. The molecule has 1 aliphatic carbocycles. The first kappa shape index (κ1) is 14.8. The number of methoxy groups -OCH3 is 1. The molecule has 0 radical (unpaired) electrons. The molecule has 0 saturated heterocycles. The average molecular weight is 296 g/mol. The number of carbonyl (C=O) groups is 1.